The van der Waals surface area contributed by atoms with E-state index in [1.807, 2.05) is 104 Å². The Kier molecular flexibility index (Phi) is 4.58. The Labute approximate surface area is 190 Å². The zero-order chi connectivity index (χ0) is 22.2. The minimum atomic E-state index is 0.465. The van der Waals surface area contributed by atoms with Crippen LogP contribution >= 0.6 is 0 Å². The predicted molar refractivity (Wildman–Crippen MR) is 129 cm³/mol. The van der Waals surface area contributed by atoms with Crippen LogP contribution in [-0.4, -0.2) is 15.0 Å². The molecule has 4 aromatic heterocycles. The van der Waals surface area contributed by atoms with Crippen LogP contribution in [-0.2, 0) is 0 Å². The first-order valence-electron chi connectivity index (χ1n) is 10.7. The molecule has 0 aliphatic rings. The molecule has 0 fully saturated rings. The van der Waals surface area contributed by atoms with E-state index >= 15 is 0 Å². The van der Waals surface area contributed by atoms with E-state index in [1.54, 1.807) is 0 Å². The van der Waals surface area contributed by atoms with Gasteiger partial charge in [0.1, 0.15) is 5.58 Å². The third-order valence-electron chi connectivity index (χ3n) is 5.51. The Hall–Kier alpha value is -4.51. The molecule has 6 rings (SSSR count). The molecule has 0 aliphatic heterocycles. The molecule has 0 spiro atoms. The number of pyridine rings is 3. The first-order valence-corrected chi connectivity index (χ1v) is 10.7. The number of para-hydroxylation sites is 1. The molecule has 6 aromatic rings. The van der Waals surface area contributed by atoms with E-state index in [0.29, 0.717) is 17.5 Å². The number of aryl methyl sites for hydroxylation is 1. The van der Waals surface area contributed by atoms with Gasteiger partial charge in [-0.25, -0.2) is 15.0 Å². The monoisotopic (exact) mass is 429 g/mol. The lowest BCUT2D eigenvalue weighted by molar-refractivity contribution is 0.446. The Morgan fingerprint density at radius 3 is 2.15 bits per heavy atom. The van der Waals surface area contributed by atoms with Gasteiger partial charge in [0, 0.05) is 39.7 Å². The molecule has 0 bridgehead atoms. The second-order valence-corrected chi connectivity index (χ2v) is 7.78. The van der Waals surface area contributed by atoms with Gasteiger partial charge < -0.3 is 9.15 Å². The zero-order valence-corrected chi connectivity index (χ0v) is 17.9. The number of furan rings is 1. The minimum Gasteiger partial charge on any atom is -0.437 e. The summed E-state index contributed by atoms with van der Waals surface area (Å²) in [4.78, 5) is 13.9. The molecule has 5 nitrogen and oxygen atoms in total. The Morgan fingerprint density at radius 2 is 1.33 bits per heavy atom. The molecule has 158 valence electrons. The molecule has 0 N–H and O–H groups in total. The van der Waals surface area contributed by atoms with Crippen molar-refractivity contribution in [1.82, 2.24) is 15.0 Å². The quantitative estimate of drug-likeness (QED) is 0.296. The first kappa shape index (κ1) is 19.2. The molecule has 0 atom stereocenters. The summed E-state index contributed by atoms with van der Waals surface area (Å²) in [6.07, 6.45) is 0. The number of benzene rings is 2. The predicted octanol–water partition coefficient (Wildman–Crippen LogP) is 7.21. The third kappa shape index (κ3) is 3.59. The van der Waals surface area contributed by atoms with Gasteiger partial charge in [0.05, 0.1) is 11.4 Å². The minimum absolute atomic E-state index is 0.465. The van der Waals surface area contributed by atoms with Crippen molar-refractivity contribution >= 4 is 22.1 Å². The van der Waals surface area contributed by atoms with Gasteiger partial charge in [-0.1, -0.05) is 54.6 Å². The van der Waals surface area contributed by atoms with Gasteiger partial charge in [-0.15, -0.1) is 0 Å². The molecule has 33 heavy (non-hydrogen) atoms. The highest BCUT2D eigenvalue weighted by molar-refractivity contribution is 6.08. The SMILES string of the molecule is Cc1ccc2c(n1)oc1c(-c3cccc(Oc4cccc(-c5ccccc5)n4)n3)cccc12. The summed E-state index contributed by atoms with van der Waals surface area (Å²) in [7, 11) is 0. The van der Waals surface area contributed by atoms with Gasteiger partial charge in [-0.05, 0) is 37.3 Å². The number of nitrogens with zero attached hydrogens (tertiary/aromatic N) is 3. The Bertz CT molecular complexity index is 1610. The van der Waals surface area contributed by atoms with Crippen LogP contribution in [0.25, 0.3) is 44.6 Å². The van der Waals surface area contributed by atoms with Crippen molar-refractivity contribution in [2.45, 2.75) is 6.92 Å². The van der Waals surface area contributed by atoms with E-state index in [4.69, 9.17) is 14.1 Å². The van der Waals surface area contributed by atoms with E-state index in [2.05, 4.69) is 9.97 Å². The fourth-order valence-electron chi connectivity index (χ4n) is 3.94. The number of aromatic nitrogens is 3. The summed E-state index contributed by atoms with van der Waals surface area (Å²) < 4.78 is 12.2. The second-order valence-electron chi connectivity index (χ2n) is 7.78. The molecule has 4 heterocycles. The van der Waals surface area contributed by atoms with E-state index in [9.17, 15) is 0 Å². The number of ether oxygens (including phenoxy) is 1. The van der Waals surface area contributed by atoms with Crippen LogP contribution < -0.4 is 4.74 Å². The third-order valence-corrected chi connectivity index (χ3v) is 5.51. The fourth-order valence-corrected chi connectivity index (χ4v) is 3.94. The maximum absolute atomic E-state index is 6.14. The first-order chi connectivity index (χ1) is 16.2. The summed E-state index contributed by atoms with van der Waals surface area (Å²) in [6.45, 7) is 1.96. The largest absolute Gasteiger partial charge is 0.437 e. The molecule has 5 heteroatoms. The van der Waals surface area contributed by atoms with Crippen molar-refractivity contribution in [3.63, 3.8) is 0 Å². The molecule has 0 unspecified atom stereocenters. The van der Waals surface area contributed by atoms with E-state index in [0.717, 1.165) is 44.6 Å². The van der Waals surface area contributed by atoms with Crippen molar-refractivity contribution in [3.8, 4) is 34.3 Å². The summed E-state index contributed by atoms with van der Waals surface area (Å²) >= 11 is 0. The summed E-state index contributed by atoms with van der Waals surface area (Å²) in [5.74, 6) is 0.954. The number of rotatable bonds is 4. The highest BCUT2D eigenvalue weighted by Gasteiger charge is 2.14. The van der Waals surface area contributed by atoms with Gasteiger partial charge in [-0.3, -0.25) is 0 Å². The molecule has 0 aliphatic carbocycles. The van der Waals surface area contributed by atoms with Crippen LogP contribution in [0.2, 0.25) is 0 Å². The lowest BCUT2D eigenvalue weighted by Gasteiger charge is -2.08. The number of hydrogen-bond acceptors (Lipinski definition) is 5. The van der Waals surface area contributed by atoms with Crippen molar-refractivity contribution in [1.29, 1.82) is 0 Å². The number of fused-ring (bicyclic) bond motifs is 3. The molecular formula is C28H19N3O2. The van der Waals surface area contributed by atoms with Crippen LogP contribution in [0.3, 0.4) is 0 Å². The van der Waals surface area contributed by atoms with Crippen molar-refractivity contribution < 1.29 is 9.15 Å². The lowest BCUT2D eigenvalue weighted by atomic mass is 10.1. The topological polar surface area (TPSA) is 61.0 Å². The Balaban J connectivity index is 1.38. The van der Waals surface area contributed by atoms with Gasteiger partial charge in [-0.2, -0.15) is 0 Å². The van der Waals surface area contributed by atoms with E-state index < -0.39 is 0 Å². The van der Waals surface area contributed by atoms with Gasteiger partial charge >= 0.3 is 0 Å². The highest BCUT2D eigenvalue weighted by atomic mass is 16.5. The number of hydrogen-bond donors (Lipinski definition) is 0. The van der Waals surface area contributed by atoms with Crippen LogP contribution in [0.15, 0.2) is 101 Å². The van der Waals surface area contributed by atoms with Crippen LogP contribution in [0, 0.1) is 6.92 Å². The molecule has 0 radical (unpaired) electrons. The average molecular weight is 429 g/mol. The molecule has 2 aromatic carbocycles. The van der Waals surface area contributed by atoms with Crippen molar-refractivity contribution in [2.75, 3.05) is 0 Å². The molecule has 0 saturated heterocycles. The van der Waals surface area contributed by atoms with Gasteiger partial charge in [0.2, 0.25) is 17.5 Å². The van der Waals surface area contributed by atoms with Crippen molar-refractivity contribution in [3.05, 3.63) is 103 Å². The van der Waals surface area contributed by atoms with Crippen molar-refractivity contribution in [2.24, 2.45) is 0 Å². The van der Waals surface area contributed by atoms with E-state index in [-0.39, 0.29) is 0 Å². The van der Waals surface area contributed by atoms with E-state index in [1.165, 1.54) is 0 Å². The summed E-state index contributed by atoms with van der Waals surface area (Å²) in [5, 5.41) is 2.01. The maximum atomic E-state index is 6.14. The standard InChI is InChI=1S/C28H19N3O2/c1-18-16-17-21-20-10-5-11-22(27(20)33-28(21)29-18)24-13-7-15-26(31-24)32-25-14-6-12-23(30-25)19-8-3-2-4-9-19/h2-17H,1H3. The van der Waals surface area contributed by atoms with Crippen LogP contribution in [0.4, 0.5) is 0 Å². The fraction of sp³-hybridized carbons (Fsp3) is 0.0357. The average Bonchev–Trinajstić information content (AvgIpc) is 3.22. The van der Waals surface area contributed by atoms with Gasteiger partial charge in [0.15, 0.2) is 0 Å². The van der Waals surface area contributed by atoms with Crippen LogP contribution in [0.1, 0.15) is 5.69 Å². The summed E-state index contributed by atoms with van der Waals surface area (Å²) in [6, 6.07) is 31.5. The molecule has 0 amide bonds. The highest BCUT2D eigenvalue weighted by Crippen LogP contribution is 2.35. The smallest absolute Gasteiger partial charge is 0.227 e. The van der Waals surface area contributed by atoms with Crippen LogP contribution in [0.5, 0.6) is 11.8 Å². The molecular weight excluding hydrogens is 410 g/mol. The second kappa shape index (κ2) is 7.88. The lowest BCUT2D eigenvalue weighted by Crippen LogP contribution is -1.93. The normalized spacial score (nSPS) is 11.2. The maximum Gasteiger partial charge on any atom is 0.227 e. The zero-order valence-electron chi connectivity index (χ0n) is 17.9. The molecule has 0 saturated carbocycles. The van der Waals surface area contributed by atoms with Gasteiger partial charge in [0.25, 0.3) is 0 Å². The summed E-state index contributed by atoms with van der Waals surface area (Å²) in [5.41, 5.74) is 5.84. The Morgan fingerprint density at radius 1 is 0.606 bits per heavy atom.